The van der Waals surface area contributed by atoms with Crippen LogP contribution in [0.5, 0.6) is 0 Å². The molecule has 19 heavy (non-hydrogen) atoms. The molecule has 3 nitrogen and oxygen atoms in total. The zero-order valence-electron chi connectivity index (χ0n) is 10.1. The molecule has 2 aromatic rings. The fourth-order valence-electron chi connectivity index (χ4n) is 2.92. The first kappa shape index (κ1) is 10.6. The van der Waals surface area contributed by atoms with Gasteiger partial charge in [-0.05, 0) is 29.8 Å². The lowest BCUT2D eigenvalue weighted by Crippen LogP contribution is -2.43. The number of benzene rings is 2. The number of para-hydroxylation sites is 1. The lowest BCUT2D eigenvalue weighted by Gasteiger charge is -2.33. The summed E-state index contributed by atoms with van der Waals surface area (Å²) in [4.78, 5) is 14.1. The summed E-state index contributed by atoms with van der Waals surface area (Å²) in [5.41, 5.74) is 3.52. The molecule has 0 fully saturated rings. The third kappa shape index (κ3) is 1.40. The van der Waals surface area contributed by atoms with E-state index in [2.05, 4.69) is 5.32 Å². The SMILES string of the molecule is O=C1Nc2ccc(F)cc2N2c3ccccc3CC12. The molecule has 2 heterocycles. The Hall–Kier alpha value is -2.36. The summed E-state index contributed by atoms with van der Waals surface area (Å²) in [6.45, 7) is 0. The molecular formula is C15H11FN2O. The number of rotatable bonds is 0. The van der Waals surface area contributed by atoms with Crippen molar-refractivity contribution in [1.82, 2.24) is 0 Å². The number of halogens is 1. The van der Waals surface area contributed by atoms with Crippen molar-refractivity contribution in [2.45, 2.75) is 12.5 Å². The maximum Gasteiger partial charge on any atom is 0.247 e. The fourth-order valence-corrected chi connectivity index (χ4v) is 2.92. The highest BCUT2D eigenvalue weighted by Gasteiger charge is 2.39. The summed E-state index contributed by atoms with van der Waals surface area (Å²) in [6, 6.07) is 12.1. The van der Waals surface area contributed by atoms with Crippen molar-refractivity contribution < 1.29 is 9.18 Å². The van der Waals surface area contributed by atoms with Crippen molar-refractivity contribution in [2.75, 3.05) is 10.2 Å². The molecule has 1 unspecified atom stereocenters. The molecule has 0 aromatic heterocycles. The molecule has 4 heteroatoms. The number of fused-ring (bicyclic) bond motifs is 5. The second-order valence-electron chi connectivity index (χ2n) is 4.87. The van der Waals surface area contributed by atoms with Crippen LogP contribution >= 0.6 is 0 Å². The van der Waals surface area contributed by atoms with Gasteiger partial charge in [-0.25, -0.2) is 4.39 Å². The largest absolute Gasteiger partial charge is 0.327 e. The van der Waals surface area contributed by atoms with Crippen molar-refractivity contribution in [3.63, 3.8) is 0 Å². The van der Waals surface area contributed by atoms with Crippen molar-refractivity contribution >= 4 is 23.0 Å². The number of carbonyl (C=O) groups excluding carboxylic acids is 1. The molecule has 1 N–H and O–H groups in total. The van der Waals surface area contributed by atoms with Gasteiger partial charge in [-0.1, -0.05) is 18.2 Å². The zero-order valence-corrected chi connectivity index (χ0v) is 10.1. The van der Waals surface area contributed by atoms with Crippen LogP contribution in [-0.4, -0.2) is 11.9 Å². The standard InChI is InChI=1S/C15H11FN2O/c16-10-5-6-11-13(8-10)18-12-4-2-1-3-9(12)7-14(18)15(19)17-11/h1-6,8,14H,7H2,(H,17,19). The van der Waals surface area contributed by atoms with Crippen molar-refractivity contribution in [1.29, 1.82) is 0 Å². The molecule has 1 atom stereocenters. The Labute approximate surface area is 109 Å². The number of nitrogens with zero attached hydrogens (tertiary/aromatic N) is 1. The number of amides is 1. The lowest BCUT2D eigenvalue weighted by molar-refractivity contribution is -0.117. The minimum Gasteiger partial charge on any atom is -0.327 e. The number of nitrogens with one attached hydrogen (secondary N) is 1. The Bertz CT molecular complexity index is 698. The van der Waals surface area contributed by atoms with Gasteiger partial charge >= 0.3 is 0 Å². The molecule has 0 saturated carbocycles. The third-order valence-corrected chi connectivity index (χ3v) is 3.76. The molecule has 2 aliphatic rings. The maximum absolute atomic E-state index is 13.5. The minimum atomic E-state index is -0.293. The highest BCUT2D eigenvalue weighted by molar-refractivity contribution is 6.07. The van der Waals surface area contributed by atoms with Crippen LogP contribution in [0.1, 0.15) is 5.56 Å². The average molecular weight is 254 g/mol. The second kappa shape index (κ2) is 3.57. The highest BCUT2D eigenvalue weighted by Crippen LogP contribution is 2.44. The molecule has 0 spiro atoms. The summed E-state index contributed by atoms with van der Waals surface area (Å²) in [5, 5.41) is 2.85. The molecule has 0 radical (unpaired) electrons. The van der Waals surface area contributed by atoms with Crippen LogP contribution in [0.3, 0.4) is 0 Å². The first-order valence-electron chi connectivity index (χ1n) is 6.21. The van der Waals surface area contributed by atoms with E-state index in [1.807, 2.05) is 29.2 Å². The van der Waals surface area contributed by atoms with Gasteiger partial charge in [-0.2, -0.15) is 0 Å². The first-order chi connectivity index (χ1) is 9.24. The van der Waals surface area contributed by atoms with Gasteiger partial charge in [0.1, 0.15) is 11.9 Å². The molecule has 0 saturated heterocycles. The molecular weight excluding hydrogens is 243 g/mol. The van der Waals surface area contributed by atoms with Gasteiger partial charge in [0.05, 0.1) is 11.4 Å². The normalized spacial score (nSPS) is 19.5. The van der Waals surface area contributed by atoms with Crippen molar-refractivity contribution in [2.24, 2.45) is 0 Å². The Balaban J connectivity index is 1.96. The monoisotopic (exact) mass is 254 g/mol. The number of anilines is 3. The second-order valence-corrected chi connectivity index (χ2v) is 4.87. The van der Waals surface area contributed by atoms with E-state index in [0.717, 1.165) is 16.9 Å². The van der Waals surface area contributed by atoms with E-state index in [-0.39, 0.29) is 17.8 Å². The Morgan fingerprint density at radius 1 is 1.16 bits per heavy atom. The first-order valence-corrected chi connectivity index (χ1v) is 6.21. The van der Waals surface area contributed by atoms with Crippen LogP contribution in [-0.2, 0) is 11.2 Å². The van der Waals surface area contributed by atoms with Crippen LogP contribution in [0, 0.1) is 5.82 Å². The summed E-state index contributed by atoms with van der Waals surface area (Å²) in [5.74, 6) is -0.326. The van der Waals surface area contributed by atoms with Gasteiger partial charge in [0.2, 0.25) is 5.91 Å². The molecule has 2 aromatic carbocycles. The summed E-state index contributed by atoms with van der Waals surface area (Å²) in [6.07, 6.45) is 0.665. The third-order valence-electron chi connectivity index (χ3n) is 3.76. The van der Waals surface area contributed by atoms with E-state index >= 15 is 0 Å². The number of hydrogen-bond acceptors (Lipinski definition) is 2. The van der Waals surface area contributed by atoms with Crippen LogP contribution in [0.15, 0.2) is 42.5 Å². The van der Waals surface area contributed by atoms with Crippen molar-refractivity contribution in [3.8, 4) is 0 Å². The molecule has 4 rings (SSSR count). The molecule has 0 aliphatic carbocycles. The highest BCUT2D eigenvalue weighted by atomic mass is 19.1. The Morgan fingerprint density at radius 2 is 2.00 bits per heavy atom. The quantitative estimate of drug-likeness (QED) is 0.784. The van der Waals surface area contributed by atoms with Crippen LogP contribution in [0.4, 0.5) is 21.5 Å². The summed E-state index contributed by atoms with van der Waals surface area (Å²) in [7, 11) is 0. The van der Waals surface area contributed by atoms with E-state index in [0.29, 0.717) is 12.1 Å². The Morgan fingerprint density at radius 3 is 2.89 bits per heavy atom. The lowest BCUT2D eigenvalue weighted by atomic mass is 10.1. The smallest absolute Gasteiger partial charge is 0.247 e. The van der Waals surface area contributed by atoms with Gasteiger partial charge in [-0.3, -0.25) is 4.79 Å². The molecule has 1 amide bonds. The minimum absolute atomic E-state index is 0.0321. The van der Waals surface area contributed by atoms with Crippen molar-refractivity contribution in [3.05, 3.63) is 53.8 Å². The molecule has 94 valence electrons. The van der Waals surface area contributed by atoms with E-state index in [9.17, 15) is 9.18 Å². The van der Waals surface area contributed by atoms with E-state index in [1.54, 1.807) is 6.07 Å². The van der Waals surface area contributed by atoms with E-state index < -0.39 is 0 Å². The van der Waals surface area contributed by atoms with Crippen LogP contribution in [0.2, 0.25) is 0 Å². The van der Waals surface area contributed by atoms with Crippen LogP contribution < -0.4 is 10.2 Å². The number of hydrogen-bond donors (Lipinski definition) is 1. The fraction of sp³-hybridized carbons (Fsp3) is 0.133. The Kier molecular flexibility index (Phi) is 1.98. The van der Waals surface area contributed by atoms with E-state index in [4.69, 9.17) is 0 Å². The van der Waals surface area contributed by atoms with Gasteiger partial charge in [0.25, 0.3) is 0 Å². The van der Waals surface area contributed by atoms with E-state index in [1.165, 1.54) is 12.1 Å². The van der Waals surface area contributed by atoms with Gasteiger partial charge < -0.3 is 10.2 Å². The summed E-state index contributed by atoms with van der Waals surface area (Å²) >= 11 is 0. The maximum atomic E-state index is 13.5. The van der Waals surface area contributed by atoms with Gasteiger partial charge in [0.15, 0.2) is 0 Å². The zero-order chi connectivity index (χ0) is 13.0. The number of carbonyl (C=O) groups is 1. The summed E-state index contributed by atoms with van der Waals surface area (Å²) < 4.78 is 13.5. The predicted molar refractivity (Wildman–Crippen MR) is 71.1 cm³/mol. The molecule has 2 aliphatic heterocycles. The predicted octanol–water partition coefficient (Wildman–Crippen LogP) is 2.84. The van der Waals surface area contributed by atoms with Gasteiger partial charge in [0, 0.05) is 12.1 Å². The average Bonchev–Trinajstić information content (AvgIpc) is 2.80. The molecule has 0 bridgehead atoms. The van der Waals surface area contributed by atoms with Gasteiger partial charge in [-0.15, -0.1) is 0 Å². The topological polar surface area (TPSA) is 32.3 Å². The van der Waals surface area contributed by atoms with Crippen LogP contribution in [0.25, 0.3) is 0 Å².